The Morgan fingerprint density at radius 3 is 2.31 bits per heavy atom. The van der Waals surface area contributed by atoms with Crippen LogP contribution in [0.25, 0.3) is 6.08 Å². The molecule has 8 heteroatoms. The number of phenolic OH excluding ortho intramolecular Hbond substituents is 1. The molecule has 2 aromatic rings. The quantitative estimate of drug-likeness (QED) is 0.623. The minimum atomic E-state index is -1.30. The molecular formula is C21H19NO7. The third-order valence-electron chi connectivity index (χ3n) is 4.99. The number of ether oxygens (including phenoxy) is 1. The number of aromatic hydroxyl groups is 1. The second-order valence-corrected chi connectivity index (χ2v) is 6.75. The summed E-state index contributed by atoms with van der Waals surface area (Å²) in [6.07, 6.45) is 1.58. The van der Waals surface area contributed by atoms with Gasteiger partial charge in [0.1, 0.15) is 18.1 Å². The number of nitrogens with one attached hydrogen (secondary N) is 1. The number of carbonyl (C=O) groups is 3. The maximum atomic E-state index is 12.7. The van der Waals surface area contributed by atoms with Crippen LogP contribution in [0.15, 0.2) is 23.8 Å². The van der Waals surface area contributed by atoms with Gasteiger partial charge in [-0.3, -0.25) is 4.79 Å². The number of fused-ring (bicyclic) bond motifs is 1. The van der Waals surface area contributed by atoms with Crippen molar-refractivity contribution in [3.8, 4) is 11.5 Å². The van der Waals surface area contributed by atoms with Crippen molar-refractivity contribution in [1.82, 2.24) is 0 Å². The Bertz CT molecular complexity index is 1100. The highest BCUT2D eigenvalue weighted by Crippen LogP contribution is 2.40. The van der Waals surface area contributed by atoms with Crippen LogP contribution in [0.2, 0.25) is 0 Å². The fourth-order valence-electron chi connectivity index (χ4n) is 3.16. The molecule has 1 aliphatic heterocycles. The van der Waals surface area contributed by atoms with Crippen LogP contribution in [0.1, 0.15) is 43.0 Å². The van der Waals surface area contributed by atoms with Gasteiger partial charge in [-0.2, -0.15) is 0 Å². The first-order valence-corrected chi connectivity index (χ1v) is 8.69. The molecule has 150 valence electrons. The highest BCUT2D eigenvalue weighted by atomic mass is 16.5. The monoisotopic (exact) mass is 397 g/mol. The SMILES string of the molecule is Cc1c(C)c2c(c(C)c1O)C=C(C(=O)Nc1cc(C(=O)O)ccc1C(=O)O)CO2. The van der Waals surface area contributed by atoms with Gasteiger partial charge in [0.2, 0.25) is 0 Å². The third-order valence-corrected chi connectivity index (χ3v) is 4.99. The molecule has 29 heavy (non-hydrogen) atoms. The number of hydrogen-bond donors (Lipinski definition) is 4. The molecule has 1 heterocycles. The molecule has 0 saturated carbocycles. The highest BCUT2D eigenvalue weighted by molar-refractivity contribution is 6.11. The van der Waals surface area contributed by atoms with Gasteiger partial charge in [-0.1, -0.05) is 0 Å². The summed E-state index contributed by atoms with van der Waals surface area (Å²) in [5, 5.41) is 31.2. The van der Waals surface area contributed by atoms with E-state index in [0.29, 0.717) is 22.4 Å². The molecule has 4 N–H and O–H groups in total. The molecule has 0 bridgehead atoms. The molecular weight excluding hydrogens is 378 g/mol. The van der Waals surface area contributed by atoms with Crippen molar-refractivity contribution in [3.05, 3.63) is 57.2 Å². The smallest absolute Gasteiger partial charge is 0.337 e. The van der Waals surface area contributed by atoms with E-state index in [0.717, 1.165) is 23.8 Å². The Labute approximate surface area is 166 Å². The fourth-order valence-corrected chi connectivity index (χ4v) is 3.16. The Morgan fingerprint density at radius 2 is 1.69 bits per heavy atom. The van der Waals surface area contributed by atoms with Crippen LogP contribution < -0.4 is 10.1 Å². The van der Waals surface area contributed by atoms with Gasteiger partial charge in [0, 0.05) is 11.1 Å². The van der Waals surface area contributed by atoms with E-state index in [1.807, 2.05) is 6.92 Å². The lowest BCUT2D eigenvalue weighted by Gasteiger charge is -2.23. The predicted octanol–water partition coefficient (Wildman–Crippen LogP) is 3.13. The van der Waals surface area contributed by atoms with Crippen LogP contribution in [-0.4, -0.2) is 39.8 Å². The Kier molecular flexibility index (Phi) is 5.02. The maximum absolute atomic E-state index is 12.7. The van der Waals surface area contributed by atoms with Crippen LogP contribution in [0.3, 0.4) is 0 Å². The number of amides is 1. The standard InChI is InChI=1S/C21H19NO7/c1-9-10(2)18-15(11(3)17(9)23)6-13(8-29-18)19(24)22-16-7-12(20(25)26)4-5-14(16)21(27)28/h4-7,23H,8H2,1-3H3,(H,22,24)(H,25,26)(H,27,28). The number of carboxylic acid groups (broad SMARTS) is 2. The van der Waals surface area contributed by atoms with Crippen molar-refractivity contribution in [2.45, 2.75) is 20.8 Å². The van der Waals surface area contributed by atoms with Gasteiger partial charge in [0.15, 0.2) is 0 Å². The van der Waals surface area contributed by atoms with Crippen molar-refractivity contribution < 1.29 is 34.4 Å². The van der Waals surface area contributed by atoms with E-state index in [1.54, 1.807) is 19.9 Å². The summed E-state index contributed by atoms with van der Waals surface area (Å²) < 4.78 is 5.73. The molecule has 8 nitrogen and oxygen atoms in total. The number of hydrogen-bond acceptors (Lipinski definition) is 5. The molecule has 0 radical (unpaired) electrons. The maximum Gasteiger partial charge on any atom is 0.337 e. The molecule has 0 spiro atoms. The average molecular weight is 397 g/mol. The van der Waals surface area contributed by atoms with Crippen molar-refractivity contribution in [1.29, 1.82) is 0 Å². The first-order chi connectivity index (χ1) is 13.6. The summed E-state index contributed by atoms with van der Waals surface area (Å²) in [6, 6.07) is 3.36. The zero-order valence-electron chi connectivity index (χ0n) is 16.0. The molecule has 0 fully saturated rings. The molecule has 0 atom stereocenters. The second kappa shape index (κ2) is 7.31. The van der Waals surface area contributed by atoms with Gasteiger partial charge in [-0.25, -0.2) is 9.59 Å². The topological polar surface area (TPSA) is 133 Å². The minimum absolute atomic E-state index is 0.0512. The van der Waals surface area contributed by atoms with Gasteiger partial charge >= 0.3 is 11.9 Å². The number of carboxylic acids is 2. The van der Waals surface area contributed by atoms with Crippen molar-refractivity contribution in [3.63, 3.8) is 0 Å². The Hall–Kier alpha value is -3.81. The zero-order chi connectivity index (χ0) is 21.5. The Balaban J connectivity index is 2.00. The molecule has 1 amide bonds. The van der Waals surface area contributed by atoms with E-state index in [-0.39, 0.29) is 34.7 Å². The van der Waals surface area contributed by atoms with Gasteiger partial charge in [0.05, 0.1) is 22.4 Å². The van der Waals surface area contributed by atoms with Gasteiger partial charge in [-0.05, 0) is 56.2 Å². The van der Waals surface area contributed by atoms with Crippen molar-refractivity contribution in [2.24, 2.45) is 0 Å². The van der Waals surface area contributed by atoms with E-state index >= 15 is 0 Å². The number of carbonyl (C=O) groups excluding carboxylic acids is 1. The normalized spacial score (nSPS) is 12.4. The lowest BCUT2D eigenvalue weighted by Crippen LogP contribution is -2.23. The number of rotatable bonds is 4. The lowest BCUT2D eigenvalue weighted by molar-refractivity contribution is -0.113. The molecule has 0 unspecified atom stereocenters. The average Bonchev–Trinajstić information content (AvgIpc) is 2.69. The van der Waals surface area contributed by atoms with Gasteiger partial charge in [-0.15, -0.1) is 0 Å². The number of aromatic carboxylic acids is 2. The first kappa shape index (κ1) is 19.9. The van der Waals surface area contributed by atoms with E-state index in [1.165, 1.54) is 0 Å². The second-order valence-electron chi connectivity index (χ2n) is 6.75. The predicted molar refractivity (Wildman–Crippen MR) is 105 cm³/mol. The zero-order valence-corrected chi connectivity index (χ0v) is 16.0. The van der Waals surface area contributed by atoms with Crippen molar-refractivity contribution >= 4 is 29.6 Å². The first-order valence-electron chi connectivity index (χ1n) is 8.69. The third kappa shape index (κ3) is 3.52. The largest absolute Gasteiger partial charge is 0.507 e. The van der Waals surface area contributed by atoms with E-state index in [4.69, 9.17) is 9.84 Å². The van der Waals surface area contributed by atoms with Crippen LogP contribution in [-0.2, 0) is 4.79 Å². The van der Waals surface area contributed by atoms with E-state index in [9.17, 15) is 24.6 Å². The summed E-state index contributed by atoms with van der Waals surface area (Å²) in [5.74, 6) is -2.48. The fraction of sp³-hybridized carbons (Fsp3) is 0.190. The van der Waals surface area contributed by atoms with Gasteiger partial charge in [0.25, 0.3) is 5.91 Å². The summed E-state index contributed by atoms with van der Waals surface area (Å²) >= 11 is 0. The summed E-state index contributed by atoms with van der Waals surface area (Å²) in [5.41, 5.74) is 2.28. The van der Waals surface area contributed by atoms with Crippen LogP contribution in [0.5, 0.6) is 11.5 Å². The molecule has 0 aliphatic carbocycles. The molecule has 1 aliphatic rings. The van der Waals surface area contributed by atoms with Crippen LogP contribution in [0.4, 0.5) is 5.69 Å². The van der Waals surface area contributed by atoms with Crippen molar-refractivity contribution in [2.75, 3.05) is 11.9 Å². The summed E-state index contributed by atoms with van der Waals surface area (Å²) in [6.45, 7) is 5.24. The van der Waals surface area contributed by atoms with Crippen LogP contribution in [0, 0.1) is 20.8 Å². The summed E-state index contributed by atoms with van der Waals surface area (Å²) in [4.78, 5) is 35.3. The lowest BCUT2D eigenvalue weighted by atomic mass is 9.94. The molecule has 0 aromatic heterocycles. The minimum Gasteiger partial charge on any atom is -0.507 e. The van der Waals surface area contributed by atoms with E-state index < -0.39 is 17.8 Å². The number of phenols is 1. The summed E-state index contributed by atoms with van der Waals surface area (Å²) in [7, 11) is 0. The Morgan fingerprint density at radius 1 is 1.00 bits per heavy atom. The molecule has 0 saturated heterocycles. The molecule has 3 rings (SSSR count). The van der Waals surface area contributed by atoms with E-state index in [2.05, 4.69) is 5.32 Å². The number of benzene rings is 2. The van der Waals surface area contributed by atoms with Crippen LogP contribution >= 0.6 is 0 Å². The highest BCUT2D eigenvalue weighted by Gasteiger charge is 2.25. The molecule has 2 aromatic carbocycles. The number of anilines is 1. The van der Waals surface area contributed by atoms with Gasteiger partial charge < -0.3 is 25.4 Å².